The van der Waals surface area contributed by atoms with Gasteiger partial charge in [-0.05, 0) is 44.9 Å². The lowest BCUT2D eigenvalue weighted by Crippen LogP contribution is -2.44. The van der Waals surface area contributed by atoms with Crippen LogP contribution in [0.25, 0.3) is 5.69 Å². The van der Waals surface area contributed by atoms with Gasteiger partial charge in [0.2, 0.25) is 11.8 Å². The summed E-state index contributed by atoms with van der Waals surface area (Å²) >= 11 is 1.61. The van der Waals surface area contributed by atoms with E-state index in [1.54, 1.807) is 16.7 Å². The number of nitrogens with one attached hydrogen (secondary N) is 1. The molecule has 0 fully saturated rings. The number of carbonyl (C=O) groups is 2. The molecule has 2 amide bonds. The van der Waals surface area contributed by atoms with Crippen molar-refractivity contribution in [1.29, 1.82) is 0 Å². The predicted molar refractivity (Wildman–Crippen MR) is 153 cm³/mol. The minimum Gasteiger partial charge on any atom is -0.352 e. The van der Waals surface area contributed by atoms with Crippen LogP contribution < -0.4 is 10.2 Å². The van der Waals surface area contributed by atoms with Crippen LogP contribution in [0.3, 0.4) is 0 Å². The normalized spacial score (nSPS) is 16.8. The van der Waals surface area contributed by atoms with Crippen LogP contribution in [0.15, 0.2) is 48.5 Å². The first-order chi connectivity index (χ1) is 17.5. The van der Waals surface area contributed by atoms with E-state index in [1.165, 1.54) is 5.56 Å². The number of benzene rings is 2. The van der Waals surface area contributed by atoms with Gasteiger partial charge in [-0.25, -0.2) is 4.68 Å². The zero-order chi connectivity index (χ0) is 26.9. The number of thioether (sulfide) groups is 1. The fourth-order valence-electron chi connectivity index (χ4n) is 4.60. The zero-order valence-electron chi connectivity index (χ0n) is 23.0. The summed E-state index contributed by atoms with van der Waals surface area (Å²) < 4.78 is 1.87. The van der Waals surface area contributed by atoms with Gasteiger partial charge in [-0.3, -0.25) is 14.5 Å². The van der Waals surface area contributed by atoms with Gasteiger partial charge in [-0.2, -0.15) is 5.10 Å². The van der Waals surface area contributed by atoms with Crippen LogP contribution in [0.1, 0.15) is 74.2 Å². The van der Waals surface area contributed by atoms with Gasteiger partial charge in [0, 0.05) is 17.0 Å². The molecule has 0 saturated heterocycles. The number of aromatic nitrogens is 2. The molecule has 7 heteroatoms. The molecule has 2 atom stereocenters. The fourth-order valence-corrected chi connectivity index (χ4v) is 5.79. The number of rotatable bonds is 6. The van der Waals surface area contributed by atoms with Crippen LogP contribution in [0.2, 0.25) is 0 Å². The molecule has 1 aliphatic rings. The molecule has 0 radical (unpaired) electrons. The molecule has 0 saturated carbocycles. The number of fused-ring (bicyclic) bond motifs is 1. The van der Waals surface area contributed by atoms with E-state index in [1.807, 2.05) is 49.7 Å². The molecule has 37 heavy (non-hydrogen) atoms. The fraction of sp³-hybridized carbons (Fsp3) is 0.433. The van der Waals surface area contributed by atoms with Crippen LogP contribution in [0, 0.1) is 13.8 Å². The van der Waals surface area contributed by atoms with Crippen LogP contribution in [-0.4, -0.2) is 39.9 Å². The molecule has 196 valence electrons. The number of carbonyl (C=O) groups excluding carboxylic acids is 2. The third kappa shape index (κ3) is 5.77. The first-order valence-corrected chi connectivity index (χ1v) is 14.0. The summed E-state index contributed by atoms with van der Waals surface area (Å²) in [6.45, 7) is 14.6. The minimum absolute atomic E-state index is 0.0376. The average Bonchev–Trinajstić information content (AvgIpc) is 3.17. The number of anilines is 1. The van der Waals surface area contributed by atoms with E-state index in [0.29, 0.717) is 5.82 Å². The number of hydrogen-bond donors (Lipinski definition) is 1. The van der Waals surface area contributed by atoms with Crippen LogP contribution >= 0.6 is 11.8 Å². The lowest BCUT2D eigenvalue weighted by molar-refractivity contribution is -0.123. The summed E-state index contributed by atoms with van der Waals surface area (Å²) in [6, 6.07) is 16.6. The van der Waals surface area contributed by atoms with Gasteiger partial charge in [0.25, 0.3) is 0 Å². The van der Waals surface area contributed by atoms with E-state index < -0.39 is 0 Å². The van der Waals surface area contributed by atoms with Gasteiger partial charge in [0.05, 0.1) is 22.4 Å². The third-order valence-corrected chi connectivity index (χ3v) is 8.00. The van der Waals surface area contributed by atoms with Gasteiger partial charge in [-0.15, -0.1) is 11.8 Å². The molecule has 2 heterocycles. The molecule has 0 unspecified atom stereocenters. The quantitative estimate of drug-likeness (QED) is 0.443. The molecule has 3 aromatic rings. The summed E-state index contributed by atoms with van der Waals surface area (Å²) in [4.78, 5) is 28.4. The van der Waals surface area contributed by atoms with Crippen molar-refractivity contribution < 1.29 is 9.59 Å². The van der Waals surface area contributed by atoms with Gasteiger partial charge >= 0.3 is 0 Å². The number of hydrogen-bond acceptors (Lipinski definition) is 4. The zero-order valence-corrected chi connectivity index (χ0v) is 23.8. The highest BCUT2D eigenvalue weighted by Gasteiger charge is 2.40. The smallest absolute Gasteiger partial charge is 0.240 e. The van der Waals surface area contributed by atoms with Gasteiger partial charge in [0.1, 0.15) is 12.4 Å². The first kappa shape index (κ1) is 27.0. The monoisotopic (exact) mass is 518 g/mol. The van der Waals surface area contributed by atoms with Crippen LogP contribution in [0.5, 0.6) is 0 Å². The molecule has 1 aliphatic heterocycles. The van der Waals surface area contributed by atoms with Crippen molar-refractivity contribution in [2.75, 3.05) is 17.2 Å². The summed E-state index contributed by atoms with van der Waals surface area (Å²) in [5, 5.41) is 8.10. The SMILES string of the molecule is CC[C@H](C)NC(=O)CN1C(=O)CS[C@H](c2cccc(C)c2)c2c(C(C)(C)C)nn(-c3ccc(C)cc3)c21. The van der Waals surface area contributed by atoms with Crippen LogP contribution in [-0.2, 0) is 15.0 Å². The minimum atomic E-state index is -0.277. The maximum absolute atomic E-state index is 13.7. The molecule has 1 N–H and O–H groups in total. The first-order valence-electron chi connectivity index (χ1n) is 13.0. The lowest BCUT2D eigenvalue weighted by atomic mass is 9.87. The maximum Gasteiger partial charge on any atom is 0.240 e. The largest absolute Gasteiger partial charge is 0.352 e. The summed E-state index contributed by atoms with van der Waals surface area (Å²) in [7, 11) is 0. The van der Waals surface area contributed by atoms with Crippen molar-refractivity contribution in [3.05, 3.63) is 76.5 Å². The Morgan fingerprint density at radius 2 is 1.84 bits per heavy atom. The highest BCUT2D eigenvalue weighted by Crippen LogP contribution is 2.48. The molecule has 6 nitrogen and oxygen atoms in total. The Hall–Kier alpha value is -3.06. The topological polar surface area (TPSA) is 67.2 Å². The Balaban J connectivity index is 1.98. The second-order valence-corrected chi connectivity index (χ2v) is 12.1. The Bertz CT molecular complexity index is 1290. The molecular formula is C30H38N4O2S. The average molecular weight is 519 g/mol. The number of aryl methyl sites for hydroxylation is 2. The van der Waals surface area contributed by atoms with Gasteiger partial charge < -0.3 is 5.32 Å². The Kier molecular flexibility index (Phi) is 7.83. The van der Waals surface area contributed by atoms with Gasteiger partial charge in [-0.1, -0.05) is 75.2 Å². The summed E-state index contributed by atoms with van der Waals surface area (Å²) in [5.41, 5.74) is 5.98. The predicted octanol–water partition coefficient (Wildman–Crippen LogP) is 5.87. The summed E-state index contributed by atoms with van der Waals surface area (Å²) in [6.07, 6.45) is 0.825. The lowest BCUT2D eigenvalue weighted by Gasteiger charge is -2.25. The van der Waals surface area contributed by atoms with E-state index in [0.717, 1.165) is 34.5 Å². The van der Waals surface area contributed by atoms with Crippen molar-refractivity contribution in [1.82, 2.24) is 15.1 Å². The number of nitrogens with zero attached hydrogens (tertiary/aromatic N) is 3. The van der Waals surface area contributed by atoms with E-state index >= 15 is 0 Å². The van der Waals surface area contributed by atoms with E-state index in [9.17, 15) is 9.59 Å². The van der Waals surface area contributed by atoms with Crippen molar-refractivity contribution in [2.45, 2.75) is 71.6 Å². The van der Waals surface area contributed by atoms with Crippen molar-refractivity contribution >= 4 is 29.4 Å². The van der Waals surface area contributed by atoms with E-state index in [4.69, 9.17) is 5.10 Å². The van der Waals surface area contributed by atoms with Gasteiger partial charge in [0.15, 0.2) is 0 Å². The molecule has 0 bridgehead atoms. The Labute approximate surface area is 224 Å². The Morgan fingerprint density at radius 3 is 2.46 bits per heavy atom. The molecular weight excluding hydrogens is 480 g/mol. The highest BCUT2D eigenvalue weighted by molar-refractivity contribution is 8.00. The van der Waals surface area contributed by atoms with Crippen LogP contribution in [0.4, 0.5) is 5.82 Å². The molecule has 1 aromatic heterocycles. The standard InChI is InChI=1S/C30H38N4O2S/c1-8-21(4)31-24(35)17-33-25(36)18-37-27(22-11-9-10-20(3)16-22)26-28(30(5,6)7)32-34(29(26)33)23-14-12-19(2)13-15-23/h9-16,21,27H,8,17-18H2,1-7H3,(H,31,35)/t21-,27+/m0/s1. The van der Waals surface area contributed by atoms with Crippen molar-refractivity contribution in [2.24, 2.45) is 0 Å². The highest BCUT2D eigenvalue weighted by atomic mass is 32.2. The molecule has 0 spiro atoms. The molecule has 4 rings (SSSR count). The van der Waals surface area contributed by atoms with E-state index in [-0.39, 0.29) is 40.8 Å². The molecule has 2 aromatic carbocycles. The number of amides is 2. The van der Waals surface area contributed by atoms with E-state index in [2.05, 4.69) is 57.3 Å². The molecule has 0 aliphatic carbocycles. The Morgan fingerprint density at radius 1 is 1.14 bits per heavy atom. The van der Waals surface area contributed by atoms with Crippen molar-refractivity contribution in [3.8, 4) is 5.69 Å². The second-order valence-electron chi connectivity index (χ2n) is 11.0. The second kappa shape index (κ2) is 10.7. The maximum atomic E-state index is 13.7. The summed E-state index contributed by atoms with van der Waals surface area (Å²) in [5.74, 6) is 0.715. The third-order valence-electron chi connectivity index (χ3n) is 6.74. The van der Waals surface area contributed by atoms with Crippen molar-refractivity contribution in [3.63, 3.8) is 0 Å².